The quantitative estimate of drug-likeness (QED) is 0.141. The molecule has 4 aromatic carbocycles. The summed E-state index contributed by atoms with van der Waals surface area (Å²) in [6.45, 7) is 11.1. The second-order valence-electron chi connectivity index (χ2n) is 15.5. The van der Waals surface area contributed by atoms with Gasteiger partial charge in [0.15, 0.2) is 0 Å². The number of carbonyl (C=O) groups excluding carboxylic acids is 1. The smallest absolute Gasteiger partial charge is 0.410 e. The number of nitrogens with zero attached hydrogens (tertiary/aromatic N) is 5. The van der Waals surface area contributed by atoms with E-state index in [0.717, 1.165) is 80.6 Å². The van der Waals surface area contributed by atoms with E-state index in [0.29, 0.717) is 17.8 Å². The van der Waals surface area contributed by atoms with Gasteiger partial charge in [0.1, 0.15) is 5.60 Å². The van der Waals surface area contributed by atoms with E-state index in [-0.39, 0.29) is 6.09 Å². The van der Waals surface area contributed by atoms with Gasteiger partial charge in [-0.25, -0.2) is 24.7 Å². The monoisotopic (exact) mass is 736 g/mol. The fourth-order valence-electron chi connectivity index (χ4n) is 7.11. The van der Waals surface area contributed by atoms with Gasteiger partial charge in [-0.3, -0.25) is 0 Å². The first-order valence-corrected chi connectivity index (χ1v) is 19.6. The molecule has 0 bridgehead atoms. The van der Waals surface area contributed by atoms with Crippen molar-refractivity contribution in [3.8, 4) is 22.5 Å². The third kappa shape index (κ3) is 10.5. The minimum atomic E-state index is -0.455. The van der Waals surface area contributed by atoms with Gasteiger partial charge in [-0.15, -0.1) is 0 Å². The Labute approximate surface area is 324 Å². The molecular weight excluding hydrogens is 685 g/mol. The summed E-state index contributed by atoms with van der Waals surface area (Å²) in [7, 11) is 0. The number of likely N-dealkylation sites (tertiary alicyclic amines) is 1. The van der Waals surface area contributed by atoms with Crippen LogP contribution < -0.4 is 16.0 Å². The van der Waals surface area contributed by atoms with E-state index < -0.39 is 5.60 Å². The summed E-state index contributed by atoms with van der Waals surface area (Å²) in [6.07, 6.45) is 7.74. The lowest BCUT2D eigenvalue weighted by Gasteiger charge is -2.33. The van der Waals surface area contributed by atoms with Crippen molar-refractivity contribution >= 4 is 39.5 Å². The fraction of sp³-hybridized carbons (Fsp3) is 0.356. The number of rotatable bonds is 8. The second kappa shape index (κ2) is 17.7. The number of fused-ring (bicyclic) bond motifs is 2. The van der Waals surface area contributed by atoms with Crippen molar-refractivity contribution in [1.29, 1.82) is 0 Å². The molecule has 8 rings (SSSR count). The summed E-state index contributed by atoms with van der Waals surface area (Å²) in [5.41, 5.74) is 3.62. The highest BCUT2D eigenvalue weighted by molar-refractivity contribution is 5.87. The van der Waals surface area contributed by atoms with Crippen LogP contribution in [0, 0.1) is 11.8 Å². The molecule has 2 fully saturated rings. The summed E-state index contributed by atoms with van der Waals surface area (Å²) in [6, 6.07) is 33.5. The molecule has 0 atom stereocenters. The van der Waals surface area contributed by atoms with Crippen molar-refractivity contribution < 1.29 is 9.53 Å². The second-order valence-corrected chi connectivity index (χ2v) is 15.5. The molecule has 55 heavy (non-hydrogen) atoms. The number of ether oxygens (including phenoxy) is 1. The Morgan fingerprint density at radius 1 is 0.673 bits per heavy atom. The van der Waals surface area contributed by atoms with E-state index in [9.17, 15) is 4.79 Å². The first-order valence-electron chi connectivity index (χ1n) is 19.6. The molecule has 2 aliphatic heterocycles. The van der Waals surface area contributed by atoms with Gasteiger partial charge in [-0.2, -0.15) is 0 Å². The highest BCUT2D eigenvalue weighted by Gasteiger charge is 2.27. The van der Waals surface area contributed by atoms with E-state index in [4.69, 9.17) is 14.7 Å². The van der Waals surface area contributed by atoms with Crippen LogP contribution >= 0.6 is 0 Å². The van der Waals surface area contributed by atoms with Crippen molar-refractivity contribution in [2.75, 3.05) is 49.9 Å². The highest BCUT2D eigenvalue weighted by atomic mass is 16.6. The van der Waals surface area contributed by atoms with Gasteiger partial charge >= 0.3 is 6.09 Å². The predicted octanol–water partition coefficient (Wildman–Crippen LogP) is 9.06. The van der Waals surface area contributed by atoms with E-state index >= 15 is 0 Å². The molecular formula is C45H52N8O2. The Kier molecular flexibility index (Phi) is 12.1. The molecule has 0 radical (unpaired) electrons. The molecule has 10 nitrogen and oxygen atoms in total. The number of aromatic nitrogens is 4. The minimum absolute atomic E-state index is 0.217. The Hall–Kier alpha value is -5.61. The lowest BCUT2D eigenvalue weighted by molar-refractivity contribution is 0.0188. The zero-order valence-corrected chi connectivity index (χ0v) is 32.2. The Morgan fingerprint density at radius 2 is 1.15 bits per heavy atom. The Bertz CT molecular complexity index is 2190. The molecule has 4 heterocycles. The van der Waals surface area contributed by atoms with E-state index in [1.54, 1.807) is 11.1 Å². The van der Waals surface area contributed by atoms with Crippen LogP contribution in [0.4, 0.5) is 16.7 Å². The maximum atomic E-state index is 12.2. The van der Waals surface area contributed by atoms with Gasteiger partial charge in [0.25, 0.3) is 0 Å². The number of piperidine rings is 2. The van der Waals surface area contributed by atoms with Crippen LogP contribution in [0.3, 0.4) is 0 Å². The molecule has 0 saturated carbocycles. The van der Waals surface area contributed by atoms with Crippen LogP contribution in [0.25, 0.3) is 44.1 Å². The molecule has 0 aliphatic carbocycles. The highest BCUT2D eigenvalue weighted by Crippen LogP contribution is 2.26. The average Bonchev–Trinajstić information content (AvgIpc) is 3.22. The van der Waals surface area contributed by atoms with Gasteiger partial charge in [0.2, 0.25) is 11.9 Å². The first kappa shape index (κ1) is 37.7. The third-order valence-corrected chi connectivity index (χ3v) is 10.2. The SMILES string of the molecule is CC(C)(C)OC(=O)N1CCC(CNc2nccc(-c3ccc4ccccc4c3)n2)CC1.c1ccc2cc(-c3ccnc(NCC4CCNCC4)n3)ccc2c1. The van der Waals surface area contributed by atoms with Crippen LogP contribution in [0.1, 0.15) is 46.5 Å². The molecule has 6 aromatic rings. The maximum Gasteiger partial charge on any atom is 0.410 e. The molecule has 0 unspecified atom stereocenters. The van der Waals surface area contributed by atoms with Crippen molar-refractivity contribution in [3.05, 3.63) is 109 Å². The van der Waals surface area contributed by atoms with Gasteiger partial charge in [-0.1, -0.05) is 72.8 Å². The summed E-state index contributed by atoms with van der Waals surface area (Å²) >= 11 is 0. The summed E-state index contributed by atoms with van der Waals surface area (Å²) in [5.74, 6) is 2.55. The third-order valence-electron chi connectivity index (χ3n) is 10.2. The van der Waals surface area contributed by atoms with E-state index in [1.165, 1.54) is 34.4 Å². The van der Waals surface area contributed by atoms with Crippen molar-refractivity contribution in [2.45, 2.75) is 52.1 Å². The van der Waals surface area contributed by atoms with Crippen LogP contribution in [-0.4, -0.2) is 75.8 Å². The molecule has 10 heteroatoms. The van der Waals surface area contributed by atoms with E-state index in [1.807, 2.05) is 51.2 Å². The summed E-state index contributed by atoms with van der Waals surface area (Å²) in [5, 5.41) is 15.1. The van der Waals surface area contributed by atoms with Crippen molar-refractivity contribution in [3.63, 3.8) is 0 Å². The number of benzene rings is 4. The number of amides is 1. The minimum Gasteiger partial charge on any atom is -0.444 e. The number of hydrogen-bond acceptors (Lipinski definition) is 9. The number of anilines is 2. The molecule has 3 N–H and O–H groups in total. The van der Waals surface area contributed by atoms with Gasteiger partial charge in [-0.05, 0) is 117 Å². The molecule has 1 amide bonds. The lowest BCUT2D eigenvalue weighted by atomic mass is 9.97. The number of hydrogen-bond donors (Lipinski definition) is 3. The van der Waals surface area contributed by atoms with Crippen molar-refractivity contribution in [1.82, 2.24) is 30.2 Å². The molecule has 2 aromatic heterocycles. The van der Waals surface area contributed by atoms with Crippen molar-refractivity contribution in [2.24, 2.45) is 11.8 Å². The summed E-state index contributed by atoms with van der Waals surface area (Å²) < 4.78 is 5.48. The standard InChI is InChI=1S/C25H30N4O2.C20H22N4/c1-25(2,3)31-24(30)29-14-11-18(12-15-29)17-27-23-26-13-10-22(28-23)21-9-8-19-6-4-5-7-20(19)16-21;1-2-4-17-13-18(6-5-16(17)3-1)19-9-12-22-20(24-19)23-14-15-7-10-21-11-8-15/h4-10,13,16,18H,11-12,14-15,17H2,1-3H3,(H,26,27,28);1-6,9,12-13,15,21H,7-8,10-11,14H2,(H,22,23,24). The zero-order chi connectivity index (χ0) is 38.0. The molecule has 0 spiro atoms. The van der Waals surface area contributed by atoms with Crippen LogP contribution in [0.15, 0.2) is 109 Å². The summed E-state index contributed by atoms with van der Waals surface area (Å²) in [4.78, 5) is 32.2. The van der Waals surface area contributed by atoms with E-state index in [2.05, 4.69) is 98.7 Å². The fourth-order valence-corrected chi connectivity index (χ4v) is 7.11. The van der Waals surface area contributed by atoms with Gasteiger partial charge < -0.3 is 25.6 Å². The first-order chi connectivity index (χ1) is 26.8. The lowest BCUT2D eigenvalue weighted by Crippen LogP contribution is -2.42. The molecule has 284 valence electrons. The molecule has 2 saturated heterocycles. The van der Waals surface area contributed by atoms with Crippen LogP contribution in [0.5, 0.6) is 0 Å². The van der Waals surface area contributed by atoms with Crippen LogP contribution in [-0.2, 0) is 4.74 Å². The zero-order valence-electron chi connectivity index (χ0n) is 32.2. The number of nitrogens with one attached hydrogen (secondary N) is 3. The van der Waals surface area contributed by atoms with Crippen LogP contribution in [0.2, 0.25) is 0 Å². The number of carbonyl (C=O) groups is 1. The Balaban J connectivity index is 0.000000174. The predicted molar refractivity (Wildman–Crippen MR) is 223 cm³/mol. The average molecular weight is 737 g/mol. The largest absolute Gasteiger partial charge is 0.444 e. The Morgan fingerprint density at radius 3 is 1.64 bits per heavy atom. The van der Waals surface area contributed by atoms with Gasteiger partial charge in [0.05, 0.1) is 11.4 Å². The molecule has 2 aliphatic rings. The maximum absolute atomic E-state index is 12.2. The topological polar surface area (TPSA) is 117 Å². The van der Waals surface area contributed by atoms with Gasteiger partial charge in [0, 0.05) is 49.7 Å². The normalized spacial score (nSPS) is 15.3.